The molecule has 1 aliphatic rings. The molecule has 2 N–H and O–H groups in total. The summed E-state index contributed by atoms with van der Waals surface area (Å²) >= 11 is 0. The molecule has 3 aromatic carbocycles. The molecule has 5 rings (SSSR count). The molecule has 4 aromatic rings. The topological polar surface area (TPSA) is 71.5 Å². The van der Waals surface area contributed by atoms with Gasteiger partial charge in [0.2, 0.25) is 0 Å². The molecule has 0 aliphatic carbocycles. The Morgan fingerprint density at radius 1 is 1.00 bits per heavy atom. The summed E-state index contributed by atoms with van der Waals surface area (Å²) < 4.78 is 33.0. The van der Waals surface area contributed by atoms with Gasteiger partial charge in [0.05, 0.1) is 13.2 Å². The highest BCUT2D eigenvalue weighted by Crippen LogP contribution is 2.41. The summed E-state index contributed by atoms with van der Waals surface area (Å²) in [4.78, 5) is 17.8. The van der Waals surface area contributed by atoms with Crippen molar-refractivity contribution >= 4 is 5.91 Å². The molecule has 0 fully saturated rings. The molecule has 1 aromatic heterocycles. The van der Waals surface area contributed by atoms with Crippen LogP contribution in [0.5, 0.6) is 5.75 Å². The molecule has 5 nitrogen and oxygen atoms in total. The fraction of sp³-hybridized carbons (Fsp3) is 0.143. The highest BCUT2D eigenvalue weighted by molar-refractivity contribution is 5.95. The number of carbonyl (C=O) groups excluding carboxylic acids is 1. The number of hydrogen-bond donors (Lipinski definition) is 2. The van der Waals surface area contributed by atoms with Crippen molar-refractivity contribution in [1.29, 1.82) is 0 Å². The highest BCUT2D eigenvalue weighted by Gasteiger charge is 2.42. The molecule has 1 amide bonds. The Morgan fingerprint density at radius 3 is 2.49 bits per heavy atom. The Labute approximate surface area is 201 Å². The van der Waals surface area contributed by atoms with Gasteiger partial charge in [-0.05, 0) is 65.2 Å². The van der Waals surface area contributed by atoms with Crippen LogP contribution >= 0.6 is 0 Å². The summed E-state index contributed by atoms with van der Waals surface area (Å²) in [6, 6.07) is 21.1. The first kappa shape index (κ1) is 22.7. The van der Waals surface area contributed by atoms with Crippen molar-refractivity contribution in [3.63, 3.8) is 0 Å². The first-order valence-corrected chi connectivity index (χ1v) is 11.2. The van der Waals surface area contributed by atoms with Gasteiger partial charge < -0.3 is 15.2 Å². The number of aromatic nitrogens is 1. The molecule has 7 heteroatoms. The smallest absolute Gasteiger partial charge is 0.252 e. The van der Waals surface area contributed by atoms with Crippen LogP contribution in [0.15, 0.2) is 85.1 Å². The summed E-state index contributed by atoms with van der Waals surface area (Å²) in [6.07, 6.45) is 2.09. The zero-order valence-electron chi connectivity index (χ0n) is 18.7. The summed E-state index contributed by atoms with van der Waals surface area (Å²) in [7, 11) is 0. The fourth-order valence-electron chi connectivity index (χ4n) is 4.42. The van der Waals surface area contributed by atoms with E-state index in [1.165, 1.54) is 30.3 Å². The molecule has 0 radical (unpaired) electrons. The monoisotopic (exact) mass is 472 g/mol. The van der Waals surface area contributed by atoms with Crippen LogP contribution in [0.4, 0.5) is 8.78 Å². The second-order valence-corrected chi connectivity index (χ2v) is 8.36. The summed E-state index contributed by atoms with van der Waals surface area (Å²) in [5.41, 5.74) is 2.54. The number of nitrogens with zero attached hydrogens (tertiary/aromatic N) is 1. The van der Waals surface area contributed by atoms with E-state index in [1.54, 1.807) is 24.4 Å². The quantitative estimate of drug-likeness (QED) is 0.430. The number of aliphatic hydroxyl groups is 1. The van der Waals surface area contributed by atoms with E-state index < -0.39 is 23.8 Å². The standard InChI is InChI=1S/C28H22F2N2O3/c29-23-10-5-19(6-11-23)27(34)32-28(13-15-35-25-2-1-14-31-26(25)28)22-8-3-18(4-9-22)20-7-12-24(30)21(16-20)17-33/h1-12,14,16,33H,13,15,17H2,(H,32,34). The van der Waals surface area contributed by atoms with Crippen molar-refractivity contribution in [3.05, 3.63) is 119 Å². The third-order valence-electron chi connectivity index (χ3n) is 6.27. The number of aliphatic hydroxyl groups excluding tert-OH is 1. The lowest BCUT2D eigenvalue weighted by molar-refractivity contribution is 0.0883. The van der Waals surface area contributed by atoms with E-state index in [9.17, 15) is 18.7 Å². The number of fused-ring (bicyclic) bond motifs is 1. The molecule has 0 bridgehead atoms. The Balaban J connectivity index is 1.56. The molecule has 176 valence electrons. The highest BCUT2D eigenvalue weighted by atomic mass is 19.1. The van der Waals surface area contributed by atoms with Gasteiger partial charge in [0.1, 0.15) is 28.6 Å². The average Bonchev–Trinajstić information content (AvgIpc) is 2.89. The van der Waals surface area contributed by atoms with Gasteiger partial charge in [-0.25, -0.2) is 8.78 Å². The van der Waals surface area contributed by atoms with E-state index in [0.29, 0.717) is 30.0 Å². The van der Waals surface area contributed by atoms with Crippen molar-refractivity contribution in [2.24, 2.45) is 0 Å². The van der Waals surface area contributed by atoms with Crippen molar-refractivity contribution in [2.75, 3.05) is 6.61 Å². The summed E-state index contributed by atoms with van der Waals surface area (Å²) in [6.45, 7) is -0.0271. The van der Waals surface area contributed by atoms with E-state index in [1.807, 2.05) is 30.3 Å². The van der Waals surface area contributed by atoms with Crippen LogP contribution in [-0.2, 0) is 12.1 Å². The SMILES string of the molecule is O=C(NC1(c2ccc(-c3ccc(F)c(CO)c3)cc2)CCOc2cccnc21)c1ccc(F)cc1. The number of carbonyl (C=O) groups is 1. The van der Waals surface area contributed by atoms with Crippen LogP contribution in [0.1, 0.15) is 33.6 Å². The number of hydrogen-bond acceptors (Lipinski definition) is 4. The maximum absolute atomic E-state index is 13.8. The third-order valence-corrected chi connectivity index (χ3v) is 6.27. The molecule has 0 saturated carbocycles. The van der Waals surface area contributed by atoms with E-state index >= 15 is 0 Å². The molecule has 0 spiro atoms. The van der Waals surface area contributed by atoms with Crippen molar-refractivity contribution in [2.45, 2.75) is 18.6 Å². The predicted octanol–water partition coefficient (Wildman–Crippen LogP) is 4.98. The van der Waals surface area contributed by atoms with Crippen LogP contribution < -0.4 is 10.1 Å². The number of benzene rings is 3. The summed E-state index contributed by atoms with van der Waals surface area (Å²) in [5, 5.41) is 12.5. The fourth-order valence-corrected chi connectivity index (χ4v) is 4.42. The third kappa shape index (κ3) is 4.26. The van der Waals surface area contributed by atoms with Crippen LogP contribution in [0.3, 0.4) is 0 Å². The normalized spacial score (nSPS) is 16.8. The first-order chi connectivity index (χ1) is 17.0. The largest absolute Gasteiger partial charge is 0.491 e. The molecule has 1 atom stereocenters. The maximum Gasteiger partial charge on any atom is 0.252 e. The van der Waals surface area contributed by atoms with Gasteiger partial charge in [0, 0.05) is 23.7 Å². The number of ether oxygens (including phenoxy) is 1. The Morgan fingerprint density at radius 2 is 1.74 bits per heavy atom. The van der Waals surface area contributed by atoms with Crippen LogP contribution in [0, 0.1) is 11.6 Å². The second-order valence-electron chi connectivity index (χ2n) is 8.36. The number of rotatable bonds is 5. The van der Waals surface area contributed by atoms with E-state index in [0.717, 1.165) is 16.7 Å². The summed E-state index contributed by atoms with van der Waals surface area (Å²) in [5.74, 6) is -0.664. The van der Waals surface area contributed by atoms with Gasteiger partial charge in [-0.3, -0.25) is 9.78 Å². The van der Waals surface area contributed by atoms with Crippen molar-refractivity contribution < 1.29 is 23.4 Å². The molecule has 35 heavy (non-hydrogen) atoms. The zero-order valence-corrected chi connectivity index (χ0v) is 18.7. The predicted molar refractivity (Wildman–Crippen MR) is 127 cm³/mol. The van der Waals surface area contributed by atoms with Gasteiger partial charge in [0.25, 0.3) is 5.91 Å². The lowest BCUT2D eigenvalue weighted by atomic mass is 9.80. The molecular weight excluding hydrogens is 450 g/mol. The molecule has 0 saturated heterocycles. The average molecular weight is 472 g/mol. The van der Waals surface area contributed by atoms with Crippen LogP contribution in [-0.4, -0.2) is 22.6 Å². The van der Waals surface area contributed by atoms with Crippen molar-refractivity contribution in [3.8, 4) is 16.9 Å². The second kappa shape index (κ2) is 9.27. The maximum atomic E-state index is 13.8. The molecule has 2 heterocycles. The van der Waals surface area contributed by atoms with Crippen LogP contribution in [0.25, 0.3) is 11.1 Å². The zero-order chi connectivity index (χ0) is 24.4. The molecule has 1 aliphatic heterocycles. The van der Waals surface area contributed by atoms with Crippen LogP contribution in [0.2, 0.25) is 0 Å². The van der Waals surface area contributed by atoms with Gasteiger partial charge in [-0.15, -0.1) is 0 Å². The Bertz CT molecular complexity index is 1370. The lowest BCUT2D eigenvalue weighted by Crippen LogP contribution is -2.50. The Hall–Kier alpha value is -4.10. The molecular formula is C28H22F2N2O3. The Kier molecular flexibility index (Phi) is 6.01. The number of amides is 1. The van der Waals surface area contributed by atoms with Gasteiger partial charge >= 0.3 is 0 Å². The number of pyridine rings is 1. The lowest BCUT2D eigenvalue weighted by Gasteiger charge is -2.39. The minimum absolute atomic E-state index is 0.220. The van der Waals surface area contributed by atoms with Crippen molar-refractivity contribution in [1.82, 2.24) is 10.3 Å². The minimum atomic E-state index is -0.974. The van der Waals surface area contributed by atoms with Gasteiger partial charge in [-0.1, -0.05) is 30.3 Å². The number of nitrogens with one attached hydrogen (secondary N) is 1. The van der Waals surface area contributed by atoms with Gasteiger partial charge in [0.15, 0.2) is 0 Å². The minimum Gasteiger partial charge on any atom is -0.491 e. The van der Waals surface area contributed by atoms with E-state index in [4.69, 9.17) is 4.74 Å². The van der Waals surface area contributed by atoms with E-state index in [2.05, 4.69) is 10.3 Å². The first-order valence-electron chi connectivity index (χ1n) is 11.2. The van der Waals surface area contributed by atoms with E-state index in [-0.39, 0.29) is 11.5 Å². The van der Waals surface area contributed by atoms with Gasteiger partial charge in [-0.2, -0.15) is 0 Å². The number of halogens is 2. The molecule has 1 unspecified atom stereocenters.